The summed E-state index contributed by atoms with van der Waals surface area (Å²) in [5.74, 6) is -0.0162. The third-order valence-corrected chi connectivity index (χ3v) is 10.4. The second-order valence-electron chi connectivity index (χ2n) is 15.7. The maximum absolute atomic E-state index is 13.9. The van der Waals surface area contributed by atoms with Crippen LogP contribution < -0.4 is 9.47 Å². The first-order valence-corrected chi connectivity index (χ1v) is 15.8. The number of hydrogen-bond acceptors (Lipinski definition) is 8. The summed E-state index contributed by atoms with van der Waals surface area (Å²) in [4.78, 5) is 27.0. The quantitative estimate of drug-likeness (QED) is 0.189. The van der Waals surface area contributed by atoms with Crippen LogP contribution in [0.1, 0.15) is 115 Å². The SMILES string of the molecule is Cc1cc(OC(=O)CCC(O)(C2(O)CC2)C2(C3(C(=O)Oc4cc(C)c(O)c(C(C)(C)C)c4)CC3)CC2)cc(C(C)(C)C)c1O. The van der Waals surface area contributed by atoms with Crippen molar-refractivity contribution in [3.63, 3.8) is 0 Å². The van der Waals surface area contributed by atoms with E-state index in [0.29, 0.717) is 72.3 Å². The van der Waals surface area contributed by atoms with Crippen LogP contribution in [0.3, 0.4) is 0 Å². The van der Waals surface area contributed by atoms with Crippen LogP contribution in [0, 0.1) is 24.7 Å². The zero-order valence-electron chi connectivity index (χ0n) is 27.4. The van der Waals surface area contributed by atoms with Crippen molar-refractivity contribution < 1.29 is 39.5 Å². The maximum atomic E-state index is 13.9. The number of ether oxygens (including phenoxy) is 2. The molecule has 3 aliphatic rings. The van der Waals surface area contributed by atoms with Crippen molar-refractivity contribution in [2.45, 2.75) is 129 Å². The van der Waals surface area contributed by atoms with Crippen molar-refractivity contribution in [2.24, 2.45) is 10.8 Å². The Morgan fingerprint density at radius 1 is 0.750 bits per heavy atom. The number of carbonyl (C=O) groups is 2. The predicted octanol–water partition coefficient (Wildman–Crippen LogP) is 6.42. The predicted molar refractivity (Wildman–Crippen MR) is 166 cm³/mol. The third-order valence-electron chi connectivity index (χ3n) is 10.4. The van der Waals surface area contributed by atoms with Gasteiger partial charge in [-0.1, -0.05) is 41.5 Å². The summed E-state index contributed by atoms with van der Waals surface area (Å²) in [5.41, 5.74) is -3.14. The van der Waals surface area contributed by atoms with Crippen molar-refractivity contribution >= 4 is 11.9 Å². The first kappa shape index (κ1) is 32.3. The van der Waals surface area contributed by atoms with E-state index in [2.05, 4.69) is 0 Å². The molecule has 2 aromatic rings. The molecule has 1 atom stereocenters. The zero-order valence-corrected chi connectivity index (χ0v) is 27.4. The lowest BCUT2D eigenvalue weighted by molar-refractivity contribution is -0.180. The van der Waals surface area contributed by atoms with Gasteiger partial charge in [0.05, 0.1) is 11.0 Å². The number of aliphatic hydroxyl groups is 2. The minimum atomic E-state index is -1.67. The second kappa shape index (κ2) is 10.2. The van der Waals surface area contributed by atoms with Gasteiger partial charge in [-0.2, -0.15) is 0 Å². The van der Waals surface area contributed by atoms with Crippen molar-refractivity contribution in [1.29, 1.82) is 0 Å². The maximum Gasteiger partial charge on any atom is 0.318 e. The van der Waals surface area contributed by atoms with Gasteiger partial charge in [-0.15, -0.1) is 0 Å². The highest BCUT2D eigenvalue weighted by molar-refractivity contribution is 5.84. The van der Waals surface area contributed by atoms with Crippen molar-refractivity contribution in [1.82, 2.24) is 0 Å². The van der Waals surface area contributed by atoms with E-state index < -0.39 is 34.0 Å². The molecule has 3 fully saturated rings. The van der Waals surface area contributed by atoms with Crippen molar-refractivity contribution in [3.05, 3.63) is 46.5 Å². The number of aryl methyl sites for hydroxylation is 2. The summed E-state index contributed by atoms with van der Waals surface area (Å²) in [6, 6.07) is 6.61. The smallest absolute Gasteiger partial charge is 0.318 e. The average molecular weight is 609 g/mol. The summed E-state index contributed by atoms with van der Waals surface area (Å²) in [7, 11) is 0. The van der Waals surface area contributed by atoms with E-state index in [4.69, 9.17) is 9.47 Å². The molecular weight excluding hydrogens is 560 g/mol. The first-order chi connectivity index (χ1) is 20.2. The van der Waals surface area contributed by atoms with Crippen LogP contribution in [-0.2, 0) is 20.4 Å². The molecule has 3 saturated carbocycles. The van der Waals surface area contributed by atoms with Gasteiger partial charge >= 0.3 is 11.9 Å². The number of benzene rings is 2. The molecule has 3 aliphatic carbocycles. The van der Waals surface area contributed by atoms with E-state index in [9.17, 15) is 30.0 Å². The molecule has 4 N–H and O–H groups in total. The Morgan fingerprint density at radius 3 is 1.59 bits per heavy atom. The fraction of sp³-hybridized carbons (Fsp3) is 0.611. The lowest BCUT2D eigenvalue weighted by Gasteiger charge is -2.44. The van der Waals surface area contributed by atoms with Gasteiger partial charge in [0.15, 0.2) is 0 Å². The summed E-state index contributed by atoms with van der Waals surface area (Å²) < 4.78 is 11.7. The number of phenols is 2. The van der Waals surface area contributed by atoms with Crippen molar-refractivity contribution in [2.75, 3.05) is 0 Å². The van der Waals surface area contributed by atoms with Gasteiger partial charge in [-0.05, 0) is 105 Å². The van der Waals surface area contributed by atoms with Gasteiger partial charge in [0.1, 0.15) is 28.6 Å². The zero-order chi connectivity index (χ0) is 32.7. The van der Waals surface area contributed by atoms with Crippen LogP contribution in [0.25, 0.3) is 0 Å². The van der Waals surface area contributed by atoms with Gasteiger partial charge in [0, 0.05) is 23.0 Å². The number of aromatic hydroxyl groups is 2. The molecule has 8 heteroatoms. The van der Waals surface area contributed by atoms with Crippen LogP contribution in [-0.4, -0.2) is 43.6 Å². The molecule has 0 radical (unpaired) electrons. The molecule has 0 spiro atoms. The number of phenolic OH excluding ortho intramolecular Hbond substituents is 2. The molecule has 0 bridgehead atoms. The standard InChI is InChI=1S/C36H48O8/c1-21-17-23(19-25(28(21)38)31(3,4)5)43-27(37)9-10-36(42,35(41)15-16-35)34(13-14-34)33(11-12-33)30(40)44-24-18-22(2)29(39)26(20-24)32(6,7)8/h17-20,38-39,41-42H,9-16H2,1-8H3. The number of hydrogen-bond donors (Lipinski definition) is 4. The van der Waals surface area contributed by atoms with Gasteiger partial charge < -0.3 is 29.9 Å². The Bertz CT molecular complexity index is 1500. The monoisotopic (exact) mass is 608 g/mol. The summed E-state index contributed by atoms with van der Waals surface area (Å²) in [6.45, 7) is 15.3. The highest BCUT2D eigenvalue weighted by Gasteiger charge is 2.82. The minimum absolute atomic E-state index is 0.0486. The van der Waals surface area contributed by atoms with E-state index in [-0.39, 0.29) is 35.2 Å². The Morgan fingerprint density at radius 2 is 1.20 bits per heavy atom. The molecule has 0 saturated heterocycles. The third kappa shape index (κ3) is 5.28. The van der Waals surface area contributed by atoms with E-state index in [1.165, 1.54) is 0 Å². The van der Waals surface area contributed by atoms with Crippen LogP contribution in [0.5, 0.6) is 23.0 Å². The Balaban J connectivity index is 1.36. The highest BCUT2D eigenvalue weighted by Crippen LogP contribution is 2.78. The molecule has 5 rings (SSSR count). The number of esters is 2. The molecule has 44 heavy (non-hydrogen) atoms. The lowest BCUT2D eigenvalue weighted by Crippen LogP contribution is -2.57. The van der Waals surface area contributed by atoms with Crippen molar-refractivity contribution in [3.8, 4) is 23.0 Å². The Labute approximate surface area is 260 Å². The van der Waals surface area contributed by atoms with Gasteiger partial charge in [0.2, 0.25) is 0 Å². The minimum Gasteiger partial charge on any atom is -0.507 e. The molecule has 0 aromatic heterocycles. The van der Waals surface area contributed by atoms with E-state index in [1.54, 1.807) is 38.1 Å². The fourth-order valence-electron chi connectivity index (χ4n) is 7.29. The molecule has 0 aliphatic heterocycles. The largest absolute Gasteiger partial charge is 0.507 e. The second-order valence-corrected chi connectivity index (χ2v) is 15.7. The normalized spacial score (nSPS) is 20.8. The van der Waals surface area contributed by atoms with Gasteiger partial charge in [-0.25, -0.2) is 0 Å². The van der Waals surface area contributed by atoms with Crippen LogP contribution in [0.2, 0.25) is 0 Å². The van der Waals surface area contributed by atoms with E-state index >= 15 is 0 Å². The van der Waals surface area contributed by atoms with Gasteiger partial charge in [-0.3, -0.25) is 9.59 Å². The Hall–Kier alpha value is -3.10. The van der Waals surface area contributed by atoms with Gasteiger partial charge in [0.25, 0.3) is 0 Å². The fourth-order valence-corrected chi connectivity index (χ4v) is 7.29. The van der Waals surface area contributed by atoms with Crippen LogP contribution in [0.15, 0.2) is 24.3 Å². The number of carbonyl (C=O) groups excluding carboxylic acids is 2. The molecular formula is C36H48O8. The lowest BCUT2D eigenvalue weighted by atomic mass is 9.66. The van der Waals surface area contributed by atoms with E-state index in [0.717, 1.165) is 0 Å². The summed E-state index contributed by atoms with van der Waals surface area (Å²) in [6.07, 6.45) is 2.73. The topological polar surface area (TPSA) is 134 Å². The highest BCUT2D eigenvalue weighted by atomic mass is 16.5. The molecule has 8 nitrogen and oxygen atoms in total. The molecule has 2 aromatic carbocycles. The number of rotatable bonds is 9. The van der Waals surface area contributed by atoms with Crippen LogP contribution >= 0.6 is 0 Å². The molecule has 240 valence electrons. The molecule has 1 unspecified atom stereocenters. The Kier molecular flexibility index (Phi) is 7.49. The first-order valence-electron chi connectivity index (χ1n) is 15.8. The summed E-state index contributed by atoms with van der Waals surface area (Å²) >= 11 is 0. The molecule has 0 heterocycles. The van der Waals surface area contributed by atoms with Crippen LogP contribution in [0.4, 0.5) is 0 Å². The van der Waals surface area contributed by atoms with E-state index in [1.807, 2.05) is 41.5 Å². The average Bonchev–Trinajstić information content (AvgIpc) is 3.75. The summed E-state index contributed by atoms with van der Waals surface area (Å²) in [5, 5.41) is 45.0. The molecule has 0 amide bonds.